The molecule has 0 aliphatic carbocycles. The monoisotopic (exact) mass is 236 g/mol. The molecule has 1 aromatic heterocycles. The first-order valence-electron chi connectivity index (χ1n) is 6.25. The molecule has 94 valence electrons. The van der Waals surface area contributed by atoms with E-state index < -0.39 is 0 Å². The molecule has 1 unspecified atom stereocenters. The van der Waals surface area contributed by atoms with Crippen LogP contribution in [-0.2, 0) is 0 Å². The number of hydrogen-bond donors (Lipinski definition) is 2. The zero-order chi connectivity index (χ0) is 12.1. The Labute approximate surface area is 102 Å². The molecule has 5 heteroatoms. The molecule has 1 fully saturated rings. The minimum atomic E-state index is 0.283. The van der Waals surface area contributed by atoms with Crippen LogP contribution in [0.4, 0.5) is 11.6 Å². The lowest BCUT2D eigenvalue weighted by molar-refractivity contribution is 0.263. The maximum atomic E-state index is 8.94. The molecule has 1 atom stereocenters. The number of rotatable bonds is 5. The van der Waals surface area contributed by atoms with Gasteiger partial charge in [-0.25, -0.2) is 9.97 Å². The summed E-state index contributed by atoms with van der Waals surface area (Å²) in [5.41, 5.74) is 0. The maximum absolute atomic E-state index is 8.94. The molecule has 0 saturated carbocycles. The number of aliphatic hydroxyl groups excluding tert-OH is 1. The van der Waals surface area contributed by atoms with Gasteiger partial charge in [0.05, 0.1) is 0 Å². The van der Waals surface area contributed by atoms with Crippen LogP contribution in [0, 0.1) is 5.92 Å². The molecule has 0 bridgehead atoms. The molecule has 2 rings (SSSR count). The maximum Gasteiger partial charge on any atom is 0.134 e. The predicted molar refractivity (Wildman–Crippen MR) is 68.2 cm³/mol. The molecule has 1 aromatic rings. The Morgan fingerprint density at radius 2 is 2.41 bits per heavy atom. The van der Waals surface area contributed by atoms with Crippen molar-refractivity contribution in [3.63, 3.8) is 0 Å². The van der Waals surface area contributed by atoms with Crippen molar-refractivity contribution in [3.8, 4) is 0 Å². The van der Waals surface area contributed by atoms with Gasteiger partial charge in [-0.15, -0.1) is 0 Å². The molecule has 0 aromatic carbocycles. The van der Waals surface area contributed by atoms with Crippen molar-refractivity contribution in [2.45, 2.75) is 19.8 Å². The standard InChI is InChI=1S/C12H20N4O/c1-2-13-11-7-12(15-9-14-11)16-5-3-10(8-16)4-6-17/h7,9-10,17H,2-6,8H2,1H3,(H,13,14,15). The first kappa shape index (κ1) is 12.1. The second-order valence-electron chi connectivity index (χ2n) is 4.40. The summed E-state index contributed by atoms with van der Waals surface area (Å²) in [6, 6.07) is 1.99. The van der Waals surface area contributed by atoms with Gasteiger partial charge in [0.2, 0.25) is 0 Å². The summed E-state index contributed by atoms with van der Waals surface area (Å²) in [6.45, 7) is 5.21. The molecule has 1 aliphatic heterocycles. The highest BCUT2D eigenvalue weighted by Gasteiger charge is 2.23. The van der Waals surface area contributed by atoms with E-state index in [1.54, 1.807) is 6.33 Å². The van der Waals surface area contributed by atoms with E-state index in [1.807, 2.05) is 6.07 Å². The smallest absolute Gasteiger partial charge is 0.134 e. The van der Waals surface area contributed by atoms with Gasteiger partial charge in [0.25, 0.3) is 0 Å². The molecule has 0 radical (unpaired) electrons. The summed E-state index contributed by atoms with van der Waals surface area (Å²) in [5.74, 6) is 2.46. The van der Waals surface area contributed by atoms with Gasteiger partial charge >= 0.3 is 0 Å². The molecule has 1 aliphatic rings. The Morgan fingerprint density at radius 1 is 1.53 bits per heavy atom. The highest BCUT2D eigenvalue weighted by atomic mass is 16.3. The van der Waals surface area contributed by atoms with Crippen LogP contribution in [0.15, 0.2) is 12.4 Å². The molecule has 0 amide bonds. The summed E-state index contributed by atoms with van der Waals surface area (Å²) in [4.78, 5) is 10.7. The van der Waals surface area contributed by atoms with Crippen LogP contribution in [-0.4, -0.2) is 41.3 Å². The lowest BCUT2D eigenvalue weighted by Crippen LogP contribution is -2.21. The second-order valence-corrected chi connectivity index (χ2v) is 4.40. The fourth-order valence-corrected chi connectivity index (χ4v) is 2.26. The molecule has 1 saturated heterocycles. The normalized spacial score (nSPS) is 19.6. The Kier molecular flexibility index (Phi) is 4.14. The average Bonchev–Trinajstić information content (AvgIpc) is 2.79. The van der Waals surface area contributed by atoms with Crippen LogP contribution >= 0.6 is 0 Å². The first-order chi connectivity index (χ1) is 8.33. The Balaban J connectivity index is 2.00. The van der Waals surface area contributed by atoms with Crippen molar-refractivity contribution >= 4 is 11.6 Å². The number of nitrogens with zero attached hydrogens (tertiary/aromatic N) is 3. The summed E-state index contributed by atoms with van der Waals surface area (Å²) in [6.07, 6.45) is 3.63. The van der Waals surface area contributed by atoms with Crippen LogP contribution in [0.1, 0.15) is 19.8 Å². The lowest BCUT2D eigenvalue weighted by atomic mass is 10.1. The Bertz CT molecular complexity index is 358. The molecule has 17 heavy (non-hydrogen) atoms. The van der Waals surface area contributed by atoms with E-state index in [0.717, 1.165) is 44.1 Å². The van der Waals surface area contributed by atoms with Crippen molar-refractivity contribution in [1.82, 2.24) is 9.97 Å². The molecule has 5 nitrogen and oxygen atoms in total. The quantitative estimate of drug-likeness (QED) is 0.802. The molecular weight excluding hydrogens is 216 g/mol. The number of anilines is 2. The van der Waals surface area contributed by atoms with Crippen LogP contribution in [0.5, 0.6) is 0 Å². The number of aliphatic hydroxyl groups is 1. The van der Waals surface area contributed by atoms with E-state index in [4.69, 9.17) is 5.11 Å². The van der Waals surface area contributed by atoms with Gasteiger partial charge in [0.1, 0.15) is 18.0 Å². The van der Waals surface area contributed by atoms with Crippen LogP contribution in [0.2, 0.25) is 0 Å². The minimum absolute atomic E-state index is 0.283. The average molecular weight is 236 g/mol. The fraction of sp³-hybridized carbons (Fsp3) is 0.667. The summed E-state index contributed by atoms with van der Waals surface area (Å²) >= 11 is 0. The lowest BCUT2D eigenvalue weighted by Gasteiger charge is -2.17. The van der Waals surface area contributed by atoms with Gasteiger partial charge < -0.3 is 15.3 Å². The van der Waals surface area contributed by atoms with E-state index in [1.165, 1.54) is 0 Å². The molecular formula is C12H20N4O. The largest absolute Gasteiger partial charge is 0.396 e. The summed E-state index contributed by atoms with van der Waals surface area (Å²) < 4.78 is 0. The van der Waals surface area contributed by atoms with Crippen LogP contribution in [0.25, 0.3) is 0 Å². The fourth-order valence-electron chi connectivity index (χ4n) is 2.26. The summed E-state index contributed by atoms with van der Waals surface area (Å²) in [5, 5.41) is 12.1. The van der Waals surface area contributed by atoms with E-state index >= 15 is 0 Å². The Hall–Kier alpha value is -1.36. The van der Waals surface area contributed by atoms with Gasteiger partial charge in [-0.3, -0.25) is 0 Å². The van der Waals surface area contributed by atoms with Gasteiger partial charge in [0, 0.05) is 32.3 Å². The van der Waals surface area contributed by atoms with E-state index in [0.29, 0.717) is 5.92 Å². The van der Waals surface area contributed by atoms with Crippen molar-refractivity contribution in [2.24, 2.45) is 5.92 Å². The molecule has 2 N–H and O–H groups in total. The molecule has 2 heterocycles. The van der Waals surface area contributed by atoms with Crippen LogP contribution in [0.3, 0.4) is 0 Å². The third kappa shape index (κ3) is 3.06. The predicted octanol–water partition coefficient (Wildman–Crippen LogP) is 1.12. The van der Waals surface area contributed by atoms with Gasteiger partial charge in [-0.05, 0) is 25.7 Å². The molecule has 0 spiro atoms. The van der Waals surface area contributed by atoms with Crippen molar-refractivity contribution in [3.05, 3.63) is 12.4 Å². The summed E-state index contributed by atoms with van der Waals surface area (Å²) in [7, 11) is 0. The van der Waals surface area contributed by atoms with Crippen molar-refractivity contribution in [1.29, 1.82) is 0 Å². The SMILES string of the molecule is CCNc1cc(N2CCC(CCO)C2)ncn1. The van der Waals surface area contributed by atoms with E-state index in [2.05, 4.69) is 27.1 Å². The zero-order valence-electron chi connectivity index (χ0n) is 10.3. The number of hydrogen-bond acceptors (Lipinski definition) is 5. The zero-order valence-corrected chi connectivity index (χ0v) is 10.3. The van der Waals surface area contributed by atoms with Crippen LogP contribution < -0.4 is 10.2 Å². The minimum Gasteiger partial charge on any atom is -0.396 e. The number of aromatic nitrogens is 2. The van der Waals surface area contributed by atoms with Gasteiger partial charge in [-0.2, -0.15) is 0 Å². The third-order valence-electron chi connectivity index (χ3n) is 3.16. The Morgan fingerprint density at radius 3 is 3.18 bits per heavy atom. The van der Waals surface area contributed by atoms with Crippen molar-refractivity contribution in [2.75, 3.05) is 36.5 Å². The highest BCUT2D eigenvalue weighted by Crippen LogP contribution is 2.24. The topological polar surface area (TPSA) is 61.3 Å². The first-order valence-corrected chi connectivity index (χ1v) is 6.25. The highest BCUT2D eigenvalue weighted by molar-refractivity contribution is 5.48. The second kappa shape index (κ2) is 5.82. The van der Waals surface area contributed by atoms with Gasteiger partial charge in [-0.1, -0.05) is 0 Å². The van der Waals surface area contributed by atoms with E-state index in [9.17, 15) is 0 Å². The van der Waals surface area contributed by atoms with Crippen molar-refractivity contribution < 1.29 is 5.11 Å². The van der Waals surface area contributed by atoms with Gasteiger partial charge in [0.15, 0.2) is 0 Å². The third-order valence-corrected chi connectivity index (χ3v) is 3.16. The van der Waals surface area contributed by atoms with E-state index in [-0.39, 0.29) is 6.61 Å². The number of nitrogens with one attached hydrogen (secondary N) is 1.